The summed E-state index contributed by atoms with van der Waals surface area (Å²) in [4.78, 5) is 7.09. The Morgan fingerprint density at radius 3 is 2.95 bits per heavy atom. The third kappa shape index (κ3) is 3.00. The van der Waals surface area contributed by atoms with Gasteiger partial charge in [0, 0.05) is 28.9 Å². The van der Waals surface area contributed by atoms with E-state index in [0.717, 1.165) is 16.4 Å². The Balaban J connectivity index is 2.03. The molecular formula is C16H19N3S2. The Morgan fingerprint density at radius 1 is 1.38 bits per heavy atom. The van der Waals surface area contributed by atoms with E-state index in [0.29, 0.717) is 0 Å². The van der Waals surface area contributed by atoms with Gasteiger partial charge in [-0.2, -0.15) is 0 Å². The van der Waals surface area contributed by atoms with Crippen molar-refractivity contribution in [1.29, 1.82) is 0 Å². The first-order chi connectivity index (χ1) is 10.0. The molecule has 0 aliphatic carbocycles. The lowest BCUT2D eigenvalue weighted by Gasteiger charge is -2.09. The molecule has 0 amide bonds. The summed E-state index contributed by atoms with van der Waals surface area (Å²) in [6.45, 7) is 6.31. The quantitative estimate of drug-likeness (QED) is 0.789. The van der Waals surface area contributed by atoms with Crippen LogP contribution in [0.3, 0.4) is 0 Å². The topological polar surface area (TPSA) is 43.3 Å². The number of aryl methyl sites for hydroxylation is 2. The number of fused-ring (bicyclic) bond motifs is 1. The molecule has 1 unspecified atom stereocenters. The number of imidazole rings is 1. The first-order valence-electron chi connectivity index (χ1n) is 6.99. The van der Waals surface area contributed by atoms with Gasteiger partial charge in [-0.25, -0.2) is 4.98 Å². The van der Waals surface area contributed by atoms with Crippen molar-refractivity contribution >= 4 is 28.1 Å². The van der Waals surface area contributed by atoms with Crippen LogP contribution in [0.2, 0.25) is 0 Å². The molecule has 2 N–H and O–H groups in total. The van der Waals surface area contributed by atoms with E-state index >= 15 is 0 Å². The molecule has 0 saturated heterocycles. The minimum absolute atomic E-state index is 0.128. The molecule has 0 aliphatic rings. The van der Waals surface area contributed by atoms with E-state index in [2.05, 4.69) is 48.0 Å². The van der Waals surface area contributed by atoms with Gasteiger partial charge in [0.05, 0.1) is 5.69 Å². The van der Waals surface area contributed by atoms with Crippen LogP contribution in [0, 0.1) is 13.8 Å². The van der Waals surface area contributed by atoms with Gasteiger partial charge >= 0.3 is 0 Å². The van der Waals surface area contributed by atoms with Crippen LogP contribution in [-0.2, 0) is 6.42 Å². The van der Waals surface area contributed by atoms with Crippen LogP contribution in [0.4, 0.5) is 0 Å². The van der Waals surface area contributed by atoms with Crippen LogP contribution in [0.5, 0.6) is 0 Å². The highest BCUT2D eigenvalue weighted by Gasteiger charge is 2.16. The Bertz CT molecular complexity index is 771. The van der Waals surface area contributed by atoms with Gasteiger partial charge in [0.1, 0.15) is 5.03 Å². The van der Waals surface area contributed by atoms with Crippen molar-refractivity contribution in [2.24, 2.45) is 5.73 Å². The molecule has 21 heavy (non-hydrogen) atoms. The van der Waals surface area contributed by atoms with Crippen molar-refractivity contribution in [3.63, 3.8) is 0 Å². The lowest BCUT2D eigenvalue weighted by atomic mass is 10.2. The first kappa shape index (κ1) is 14.6. The van der Waals surface area contributed by atoms with E-state index in [1.54, 1.807) is 23.1 Å². The number of hydrogen-bond acceptors (Lipinski definition) is 4. The van der Waals surface area contributed by atoms with E-state index in [1.165, 1.54) is 21.7 Å². The summed E-state index contributed by atoms with van der Waals surface area (Å²) in [6.07, 6.45) is 2.92. The SMILES string of the molecule is Cc1ccc(C)c(Sc2nc3sccn3c2CC(C)N)c1. The summed E-state index contributed by atoms with van der Waals surface area (Å²) in [6, 6.07) is 6.67. The summed E-state index contributed by atoms with van der Waals surface area (Å²) in [5, 5.41) is 3.15. The standard InChI is InChI=1S/C16H19N3S2/c1-10-4-5-11(2)14(8-10)21-15-13(9-12(3)17)19-6-7-20-16(19)18-15/h4-8,12H,9,17H2,1-3H3. The minimum Gasteiger partial charge on any atom is -0.328 e. The van der Waals surface area contributed by atoms with Crippen molar-refractivity contribution < 1.29 is 0 Å². The van der Waals surface area contributed by atoms with E-state index in [-0.39, 0.29) is 6.04 Å². The number of rotatable bonds is 4. The number of aromatic nitrogens is 2. The lowest BCUT2D eigenvalue weighted by Crippen LogP contribution is -2.19. The van der Waals surface area contributed by atoms with E-state index < -0.39 is 0 Å². The third-order valence-corrected chi connectivity index (χ3v) is 5.33. The molecule has 0 fully saturated rings. The van der Waals surface area contributed by atoms with Crippen molar-refractivity contribution in [2.75, 3.05) is 0 Å². The van der Waals surface area contributed by atoms with Gasteiger partial charge in [0.2, 0.25) is 0 Å². The number of nitrogens with two attached hydrogens (primary N) is 1. The molecule has 2 heterocycles. The highest BCUT2D eigenvalue weighted by Crippen LogP contribution is 2.34. The highest BCUT2D eigenvalue weighted by atomic mass is 32.2. The molecule has 3 nitrogen and oxygen atoms in total. The first-order valence-corrected chi connectivity index (χ1v) is 8.69. The Kier molecular flexibility index (Phi) is 4.06. The lowest BCUT2D eigenvalue weighted by molar-refractivity contribution is 0.706. The second-order valence-corrected chi connectivity index (χ2v) is 7.38. The Labute approximate surface area is 133 Å². The van der Waals surface area contributed by atoms with Gasteiger partial charge in [-0.05, 0) is 38.0 Å². The summed E-state index contributed by atoms with van der Waals surface area (Å²) in [5.74, 6) is 0. The number of benzene rings is 1. The smallest absolute Gasteiger partial charge is 0.194 e. The molecule has 0 aliphatic heterocycles. The molecule has 3 aromatic rings. The van der Waals surface area contributed by atoms with E-state index in [1.807, 2.05) is 6.92 Å². The molecular weight excluding hydrogens is 298 g/mol. The molecule has 110 valence electrons. The molecule has 1 atom stereocenters. The highest BCUT2D eigenvalue weighted by molar-refractivity contribution is 7.99. The van der Waals surface area contributed by atoms with Gasteiger partial charge in [-0.1, -0.05) is 23.9 Å². The second-order valence-electron chi connectivity index (χ2n) is 5.47. The maximum absolute atomic E-state index is 6.01. The molecule has 0 spiro atoms. The summed E-state index contributed by atoms with van der Waals surface area (Å²) in [7, 11) is 0. The average molecular weight is 317 g/mol. The van der Waals surface area contributed by atoms with Crippen LogP contribution in [-0.4, -0.2) is 15.4 Å². The monoisotopic (exact) mass is 317 g/mol. The predicted molar refractivity (Wildman–Crippen MR) is 90.5 cm³/mol. The average Bonchev–Trinajstić information content (AvgIpc) is 2.97. The third-order valence-electron chi connectivity index (χ3n) is 3.39. The number of thiazole rings is 1. The molecule has 0 bridgehead atoms. The summed E-state index contributed by atoms with van der Waals surface area (Å²) < 4.78 is 2.17. The number of hydrogen-bond donors (Lipinski definition) is 1. The van der Waals surface area contributed by atoms with Crippen LogP contribution >= 0.6 is 23.1 Å². The van der Waals surface area contributed by atoms with Crippen LogP contribution in [0.15, 0.2) is 39.7 Å². The number of nitrogens with zero attached hydrogens (tertiary/aromatic N) is 2. The van der Waals surface area contributed by atoms with Gasteiger partial charge in [-0.15, -0.1) is 11.3 Å². The van der Waals surface area contributed by atoms with Gasteiger partial charge in [0.25, 0.3) is 0 Å². The maximum atomic E-state index is 6.01. The van der Waals surface area contributed by atoms with Crippen LogP contribution in [0.25, 0.3) is 4.96 Å². The normalized spacial score (nSPS) is 13.0. The fraction of sp³-hybridized carbons (Fsp3) is 0.312. The van der Waals surface area contributed by atoms with Gasteiger partial charge in [-0.3, -0.25) is 4.40 Å². The fourth-order valence-electron chi connectivity index (χ4n) is 2.31. The summed E-state index contributed by atoms with van der Waals surface area (Å²) >= 11 is 3.41. The predicted octanol–water partition coefficient (Wildman–Crippen LogP) is 4.05. The zero-order valence-electron chi connectivity index (χ0n) is 12.5. The van der Waals surface area contributed by atoms with Crippen molar-refractivity contribution in [3.05, 3.63) is 46.6 Å². The summed E-state index contributed by atoms with van der Waals surface area (Å²) in [5.41, 5.74) is 9.79. The van der Waals surface area contributed by atoms with Crippen LogP contribution in [0.1, 0.15) is 23.7 Å². The van der Waals surface area contributed by atoms with Gasteiger partial charge < -0.3 is 5.73 Å². The molecule has 3 rings (SSSR count). The van der Waals surface area contributed by atoms with Crippen molar-refractivity contribution in [1.82, 2.24) is 9.38 Å². The van der Waals surface area contributed by atoms with Gasteiger partial charge in [0.15, 0.2) is 4.96 Å². The second kappa shape index (κ2) is 5.83. The Hall–Kier alpha value is -1.30. The van der Waals surface area contributed by atoms with Crippen LogP contribution < -0.4 is 5.73 Å². The van der Waals surface area contributed by atoms with Crippen molar-refractivity contribution in [2.45, 2.75) is 43.2 Å². The molecule has 2 aromatic heterocycles. The fourth-order valence-corrected chi connectivity index (χ4v) is 4.21. The molecule has 5 heteroatoms. The molecule has 0 saturated carbocycles. The maximum Gasteiger partial charge on any atom is 0.194 e. The minimum atomic E-state index is 0.128. The van der Waals surface area contributed by atoms with Crippen molar-refractivity contribution in [3.8, 4) is 0 Å². The largest absolute Gasteiger partial charge is 0.328 e. The molecule has 1 aromatic carbocycles. The molecule has 0 radical (unpaired) electrons. The zero-order chi connectivity index (χ0) is 15.0. The van der Waals surface area contributed by atoms with E-state index in [9.17, 15) is 0 Å². The zero-order valence-corrected chi connectivity index (χ0v) is 14.1. The van der Waals surface area contributed by atoms with E-state index in [4.69, 9.17) is 10.7 Å². The Morgan fingerprint density at radius 2 is 2.19 bits per heavy atom.